The zero-order valence-corrected chi connectivity index (χ0v) is 23.2. The second kappa shape index (κ2) is 11.1. The molecule has 6 nitrogen and oxygen atoms in total. The summed E-state index contributed by atoms with van der Waals surface area (Å²) < 4.78 is 45.7. The Bertz CT molecular complexity index is 1610. The molecule has 4 aromatic rings. The van der Waals surface area contributed by atoms with Gasteiger partial charge in [-0.25, -0.2) is 18.0 Å². The first-order valence-electron chi connectivity index (χ1n) is 13.0. The summed E-state index contributed by atoms with van der Waals surface area (Å²) in [6.07, 6.45) is 0.515. The molecule has 0 saturated carbocycles. The molecule has 0 radical (unpaired) electrons. The normalized spacial score (nSPS) is 14.5. The molecule has 1 aromatic heterocycles. The van der Waals surface area contributed by atoms with Crippen LogP contribution in [-0.2, 0) is 7.05 Å². The minimum Gasteiger partial charge on any atom is -0.507 e. The lowest BCUT2D eigenvalue weighted by Gasteiger charge is -2.39. The fraction of sp³-hybridized carbons (Fsp3) is 0.300. The number of aromatic hydroxyl groups is 1. The van der Waals surface area contributed by atoms with Crippen LogP contribution in [0.2, 0.25) is 5.02 Å². The number of aryl methyl sites for hydroxylation is 1. The molecular weight excluding hydrogens is 541 g/mol. The fourth-order valence-electron chi connectivity index (χ4n) is 5.21. The van der Waals surface area contributed by atoms with Crippen LogP contribution in [0.15, 0.2) is 65.7 Å². The molecule has 1 N–H and O–H groups in total. The van der Waals surface area contributed by atoms with E-state index in [0.717, 1.165) is 13.1 Å². The molecule has 0 bridgehead atoms. The predicted molar refractivity (Wildman–Crippen MR) is 152 cm³/mol. The maximum atomic E-state index is 14.9. The molecule has 0 atom stereocenters. The number of benzene rings is 3. The topological polar surface area (TPSA) is 53.6 Å². The van der Waals surface area contributed by atoms with Crippen molar-refractivity contribution in [3.8, 4) is 33.7 Å². The number of alkyl halides is 2. The first-order valence-corrected chi connectivity index (χ1v) is 13.4. The van der Waals surface area contributed by atoms with Gasteiger partial charge in [0.2, 0.25) is 0 Å². The lowest BCUT2D eigenvalue weighted by Crippen LogP contribution is -2.49. The van der Waals surface area contributed by atoms with Crippen LogP contribution in [-0.4, -0.2) is 51.4 Å². The first kappa shape index (κ1) is 27.9. The van der Waals surface area contributed by atoms with Crippen molar-refractivity contribution in [2.75, 3.05) is 31.1 Å². The van der Waals surface area contributed by atoms with Gasteiger partial charge in [0.1, 0.15) is 11.6 Å². The summed E-state index contributed by atoms with van der Waals surface area (Å²) in [4.78, 5) is 16.6. The van der Waals surface area contributed by atoms with Crippen molar-refractivity contribution in [3.63, 3.8) is 0 Å². The van der Waals surface area contributed by atoms with Gasteiger partial charge in [0.25, 0.3) is 6.43 Å². The fourth-order valence-corrected chi connectivity index (χ4v) is 5.48. The number of piperazine rings is 1. The molecule has 5 rings (SSSR count). The molecule has 1 fully saturated rings. The third kappa shape index (κ3) is 5.23. The Morgan fingerprint density at radius 2 is 1.50 bits per heavy atom. The second-order valence-electron chi connectivity index (χ2n) is 10.3. The zero-order valence-electron chi connectivity index (χ0n) is 22.4. The second-order valence-corrected chi connectivity index (χ2v) is 10.7. The average Bonchev–Trinajstić information content (AvgIpc) is 3.26. The number of halogens is 4. The lowest BCUT2D eigenvalue weighted by atomic mass is 9.95. The van der Waals surface area contributed by atoms with E-state index in [1.54, 1.807) is 43.7 Å². The Balaban J connectivity index is 1.54. The Morgan fingerprint density at radius 1 is 0.875 bits per heavy atom. The number of aromatic nitrogens is 2. The van der Waals surface area contributed by atoms with E-state index in [1.165, 1.54) is 33.4 Å². The Hall–Kier alpha value is -3.69. The van der Waals surface area contributed by atoms with Gasteiger partial charge in [-0.2, -0.15) is 0 Å². The number of nitrogens with zero attached hydrogens (tertiary/aromatic N) is 4. The molecule has 3 aromatic carbocycles. The highest BCUT2D eigenvalue weighted by Crippen LogP contribution is 2.42. The summed E-state index contributed by atoms with van der Waals surface area (Å²) in [6, 6.07) is 12.0. The molecule has 1 saturated heterocycles. The van der Waals surface area contributed by atoms with Crippen LogP contribution >= 0.6 is 11.6 Å². The van der Waals surface area contributed by atoms with E-state index in [9.17, 15) is 23.1 Å². The van der Waals surface area contributed by atoms with Crippen LogP contribution in [0.25, 0.3) is 27.9 Å². The van der Waals surface area contributed by atoms with Crippen molar-refractivity contribution < 1.29 is 18.3 Å². The van der Waals surface area contributed by atoms with Crippen LogP contribution in [0.1, 0.15) is 25.8 Å². The van der Waals surface area contributed by atoms with Gasteiger partial charge in [-0.3, -0.25) is 9.47 Å². The third-order valence-corrected chi connectivity index (χ3v) is 7.80. The highest BCUT2D eigenvalue weighted by Gasteiger charge is 2.25. The first-order chi connectivity index (χ1) is 19.0. The van der Waals surface area contributed by atoms with Crippen molar-refractivity contribution in [1.82, 2.24) is 14.0 Å². The van der Waals surface area contributed by atoms with Gasteiger partial charge in [0.05, 0.1) is 10.7 Å². The Morgan fingerprint density at radius 3 is 2.05 bits per heavy atom. The standard InChI is InChI=1S/C30H30ClF3N4O2/c1-18(2)36-9-11-37(12-10-36)27-15-20(4-6-22(27)29(33)34)24-17-21(32)16-23(28(24)39)19-5-7-26(25(31)14-19)38-13-8-35(3)30(38)40/h4-8,13-18,29,39H,9-12H2,1-3H3. The molecule has 210 valence electrons. The van der Waals surface area contributed by atoms with E-state index in [-0.39, 0.29) is 33.2 Å². The predicted octanol–water partition coefficient (Wildman–Crippen LogP) is 6.48. The highest BCUT2D eigenvalue weighted by molar-refractivity contribution is 6.32. The van der Waals surface area contributed by atoms with Crippen molar-refractivity contribution in [3.05, 3.63) is 87.8 Å². The minimum atomic E-state index is -2.68. The lowest BCUT2D eigenvalue weighted by molar-refractivity contribution is 0.151. The number of hydrogen-bond donors (Lipinski definition) is 1. The average molecular weight is 571 g/mol. The van der Waals surface area contributed by atoms with Crippen molar-refractivity contribution in [2.45, 2.75) is 26.3 Å². The van der Waals surface area contributed by atoms with Gasteiger partial charge in [-0.15, -0.1) is 0 Å². The van der Waals surface area contributed by atoms with E-state index in [4.69, 9.17) is 11.6 Å². The van der Waals surface area contributed by atoms with E-state index < -0.39 is 12.2 Å². The smallest absolute Gasteiger partial charge is 0.332 e. The van der Waals surface area contributed by atoms with Crippen molar-refractivity contribution in [2.24, 2.45) is 7.05 Å². The summed E-state index contributed by atoms with van der Waals surface area (Å²) in [5.74, 6) is -0.810. The summed E-state index contributed by atoms with van der Waals surface area (Å²) >= 11 is 6.50. The number of hydrogen-bond acceptors (Lipinski definition) is 4. The quantitative estimate of drug-likeness (QED) is 0.288. The minimum absolute atomic E-state index is 0.101. The van der Waals surface area contributed by atoms with Gasteiger partial charge in [-0.1, -0.05) is 29.8 Å². The molecule has 40 heavy (non-hydrogen) atoms. The number of rotatable bonds is 6. The van der Waals surface area contributed by atoms with E-state index in [1.807, 2.05) is 4.90 Å². The molecule has 0 amide bonds. The number of imidazole rings is 1. The molecule has 10 heteroatoms. The van der Waals surface area contributed by atoms with Gasteiger partial charge in [-0.05, 0) is 55.3 Å². The zero-order chi connectivity index (χ0) is 28.7. The summed E-state index contributed by atoms with van der Waals surface area (Å²) in [6.45, 7) is 6.85. The monoisotopic (exact) mass is 570 g/mol. The van der Waals surface area contributed by atoms with E-state index >= 15 is 0 Å². The number of phenols is 1. The summed E-state index contributed by atoms with van der Waals surface area (Å²) in [7, 11) is 1.62. The van der Waals surface area contributed by atoms with Gasteiger partial charge in [0, 0.05) is 74.0 Å². The molecular formula is C30H30ClF3N4O2. The molecule has 2 heterocycles. The Labute approximate surface area is 235 Å². The van der Waals surface area contributed by atoms with Crippen molar-refractivity contribution >= 4 is 17.3 Å². The van der Waals surface area contributed by atoms with Gasteiger partial charge in [0.15, 0.2) is 0 Å². The number of phenolic OH excluding ortho intramolecular Hbond substituents is 1. The largest absolute Gasteiger partial charge is 0.507 e. The molecule has 1 aliphatic rings. The van der Waals surface area contributed by atoms with Crippen LogP contribution in [0, 0.1) is 5.82 Å². The molecule has 0 spiro atoms. The number of anilines is 1. The van der Waals surface area contributed by atoms with Crippen LogP contribution in [0.5, 0.6) is 5.75 Å². The maximum absolute atomic E-state index is 14.9. The maximum Gasteiger partial charge on any atom is 0.332 e. The van der Waals surface area contributed by atoms with Crippen LogP contribution in [0.3, 0.4) is 0 Å². The third-order valence-electron chi connectivity index (χ3n) is 7.50. The van der Waals surface area contributed by atoms with E-state index in [2.05, 4.69) is 18.7 Å². The SMILES string of the molecule is CC(C)N1CCN(c2cc(-c3cc(F)cc(-c4ccc(-n5ccn(C)c5=O)c(Cl)c4)c3O)ccc2C(F)F)CC1. The van der Waals surface area contributed by atoms with Crippen LogP contribution in [0.4, 0.5) is 18.9 Å². The molecule has 0 unspecified atom stereocenters. The van der Waals surface area contributed by atoms with Gasteiger partial charge >= 0.3 is 5.69 Å². The summed E-state index contributed by atoms with van der Waals surface area (Å²) in [5, 5.41) is 11.5. The summed E-state index contributed by atoms with van der Waals surface area (Å²) in [5.41, 5.74) is 1.66. The van der Waals surface area contributed by atoms with E-state index in [0.29, 0.717) is 41.6 Å². The van der Waals surface area contributed by atoms with Crippen molar-refractivity contribution in [1.29, 1.82) is 0 Å². The molecule has 1 aliphatic heterocycles. The molecule has 0 aliphatic carbocycles. The van der Waals surface area contributed by atoms with Gasteiger partial charge < -0.3 is 14.6 Å². The van der Waals surface area contributed by atoms with Crippen LogP contribution < -0.4 is 10.6 Å². The highest BCUT2D eigenvalue weighted by atomic mass is 35.5. The Kier molecular flexibility index (Phi) is 7.70.